The summed E-state index contributed by atoms with van der Waals surface area (Å²) in [4.78, 5) is 17.3. The number of carbonyl (C=O) groups is 1. The third-order valence-corrected chi connectivity index (χ3v) is 10.3. The molecule has 2 aromatic carbocycles. The third-order valence-electron chi connectivity index (χ3n) is 10.3. The number of hydrogen-bond donors (Lipinski definition) is 0. The zero-order chi connectivity index (χ0) is 26.1. The molecule has 0 unspecified atom stereocenters. The van der Waals surface area contributed by atoms with E-state index in [1.807, 2.05) is 61.5 Å². The standard InChI is InChI=1S/C33H33N3O2/c1-2-38-26-10-7-25(8-11-26)29-30(31(37)32-16-21-13-22(17-32)15-23(14-21)18-32)36-27-6-4-3-5-24(27)9-12-28(36)33(29,19-34)20-35/h3-12,21-23,28-30H,2,13-18H2,1H3/t21?,22?,23?,28-,29+,30+,32?/m0/s1. The number of nitrogens with zero attached hydrogens (tertiary/aromatic N) is 3. The van der Waals surface area contributed by atoms with E-state index in [1.54, 1.807) is 0 Å². The van der Waals surface area contributed by atoms with Gasteiger partial charge in [-0.05, 0) is 92.5 Å². The number of fused-ring (bicyclic) bond motifs is 3. The van der Waals surface area contributed by atoms with E-state index in [-0.39, 0.29) is 11.2 Å². The van der Waals surface area contributed by atoms with Crippen molar-refractivity contribution in [3.8, 4) is 17.9 Å². The zero-order valence-electron chi connectivity index (χ0n) is 21.8. The molecule has 4 aliphatic carbocycles. The van der Waals surface area contributed by atoms with E-state index in [0.29, 0.717) is 24.4 Å². The molecule has 38 heavy (non-hydrogen) atoms. The van der Waals surface area contributed by atoms with Crippen molar-refractivity contribution in [3.63, 3.8) is 0 Å². The Kier molecular flexibility index (Phi) is 5.25. The molecule has 4 bridgehead atoms. The molecular formula is C33H33N3O2. The van der Waals surface area contributed by atoms with Gasteiger partial charge in [-0.3, -0.25) is 4.79 Å². The first-order valence-corrected chi connectivity index (χ1v) is 14.2. The molecule has 3 atom stereocenters. The summed E-state index contributed by atoms with van der Waals surface area (Å²) in [7, 11) is 0. The molecule has 192 valence electrons. The van der Waals surface area contributed by atoms with Crippen molar-refractivity contribution >= 4 is 17.5 Å². The number of benzene rings is 2. The molecule has 0 radical (unpaired) electrons. The van der Waals surface area contributed by atoms with Crippen LogP contribution in [0.2, 0.25) is 0 Å². The van der Waals surface area contributed by atoms with Crippen LogP contribution in [-0.4, -0.2) is 24.5 Å². The predicted molar refractivity (Wildman–Crippen MR) is 145 cm³/mol. The van der Waals surface area contributed by atoms with Crippen molar-refractivity contribution in [2.75, 3.05) is 11.5 Å². The van der Waals surface area contributed by atoms with Crippen molar-refractivity contribution in [2.45, 2.75) is 63.5 Å². The Morgan fingerprint density at radius 3 is 2.21 bits per heavy atom. The van der Waals surface area contributed by atoms with Gasteiger partial charge in [-0.25, -0.2) is 0 Å². The summed E-state index contributed by atoms with van der Waals surface area (Å²) >= 11 is 0. The Hall–Kier alpha value is -3.57. The smallest absolute Gasteiger partial charge is 0.176 e. The van der Waals surface area contributed by atoms with Crippen LogP contribution >= 0.6 is 0 Å². The number of Topliss-reactive ketones (excluding diaryl/α,β-unsaturated/α-hetero) is 1. The molecular weight excluding hydrogens is 470 g/mol. The van der Waals surface area contributed by atoms with E-state index in [2.05, 4.69) is 23.1 Å². The minimum Gasteiger partial charge on any atom is -0.494 e. The Morgan fingerprint density at radius 1 is 0.974 bits per heavy atom. The average molecular weight is 504 g/mol. The lowest BCUT2D eigenvalue weighted by Gasteiger charge is -2.57. The van der Waals surface area contributed by atoms with Gasteiger partial charge in [0.05, 0.1) is 30.8 Å². The summed E-state index contributed by atoms with van der Waals surface area (Å²) in [5, 5.41) is 21.5. The number of rotatable bonds is 5. The molecule has 5 heteroatoms. The van der Waals surface area contributed by atoms with Gasteiger partial charge in [0, 0.05) is 17.0 Å². The van der Waals surface area contributed by atoms with Gasteiger partial charge in [-0.1, -0.05) is 42.5 Å². The molecule has 6 aliphatic rings. The Labute approximate surface area is 224 Å². The van der Waals surface area contributed by atoms with Crippen molar-refractivity contribution < 1.29 is 9.53 Å². The maximum Gasteiger partial charge on any atom is 0.176 e. The van der Waals surface area contributed by atoms with Crippen molar-refractivity contribution in [3.05, 3.63) is 65.7 Å². The molecule has 5 fully saturated rings. The Balaban J connectivity index is 1.41. The number of ether oxygens (including phenoxy) is 1. The minimum absolute atomic E-state index is 0.262. The number of nitriles is 2. The van der Waals surface area contributed by atoms with Gasteiger partial charge in [0.2, 0.25) is 0 Å². The maximum atomic E-state index is 15.1. The number of hydrogen-bond acceptors (Lipinski definition) is 5. The van der Waals surface area contributed by atoms with Crippen LogP contribution in [0.4, 0.5) is 5.69 Å². The van der Waals surface area contributed by atoms with Crippen LogP contribution in [0.15, 0.2) is 54.6 Å². The van der Waals surface area contributed by atoms with E-state index in [9.17, 15) is 10.5 Å². The lowest BCUT2D eigenvalue weighted by Crippen LogP contribution is -2.56. The predicted octanol–water partition coefficient (Wildman–Crippen LogP) is 6.27. The lowest BCUT2D eigenvalue weighted by molar-refractivity contribution is -0.145. The summed E-state index contributed by atoms with van der Waals surface area (Å²) in [6.45, 7) is 2.51. The summed E-state index contributed by atoms with van der Waals surface area (Å²) in [6, 6.07) is 19.7. The van der Waals surface area contributed by atoms with Crippen LogP contribution < -0.4 is 9.64 Å². The molecule has 4 saturated carbocycles. The third kappa shape index (κ3) is 3.18. The molecule has 5 nitrogen and oxygen atoms in total. The van der Waals surface area contributed by atoms with Crippen LogP contribution in [0.25, 0.3) is 6.08 Å². The highest BCUT2D eigenvalue weighted by Gasteiger charge is 2.66. The fourth-order valence-electron chi connectivity index (χ4n) is 9.27. The van der Waals surface area contributed by atoms with Crippen LogP contribution in [0.1, 0.15) is 62.5 Å². The van der Waals surface area contributed by atoms with E-state index in [1.165, 1.54) is 19.3 Å². The quantitative estimate of drug-likeness (QED) is 0.480. The highest BCUT2D eigenvalue weighted by Crippen LogP contribution is 2.63. The molecule has 0 amide bonds. The molecule has 0 N–H and O–H groups in total. The molecule has 8 rings (SSSR count). The monoisotopic (exact) mass is 503 g/mol. The normalized spacial score (nSPS) is 35.2. The van der Waals surface area contributed by atoms with E-state index < -0.39 is 23.4 Å². The van der Waals surface area contributed by atoms with Gasteiger partial charge in [0.1, 0.15) is 5.75 Å². The minimum atomic E-state index is -1.39. The van der Waals surface area contributed by atoms with Crippen molar-refractivity contribution in [1.29, 1.82) is 10.5 Å². The second kappa shape index (κ2) is 8.47. The van der Waals surface area contributed by atoms with Crippen LogP contribution in [0.3, 0.4) is 0 Å². The molecule has 0 spiro atoms. The second-order valence-corrected chi connectivity index (χ2v) is 12.3. The number of anilines is 1. The fourth-order valence-corrected chi connectivity index (χ4v) is 9.27. The zero-order valence-corrected chi connectivity index (χ0v) is 21.8. The summed E-state index contributed by atoms with van der Waals surface area (Å²) in [5.74, 6) is 2.36. The van der Waals surface area contributed by atoms with E-state index >= 15 is 4.79 Å². The molecule has 2 heterocycles. The molecule has 0 aromatic heterocycles. The highest BCUT2D eigenvalue weighted by atomic mass is 16.5. The fraction of sp³-hybridized carbons (Fsp3) is 0.485. The van der Waals surface area contributed by atoms with Gasteiger partial charge >= 0.3 is 0 Å². The van der Waals surface area contributed by atoms with Gasteiger partial charge < -0.3 is 9.64 Å². The largest absolute Gasteiger partial charge is 0.494 e. The van der Waals surface area contributed by atoms with Crippen LogP contribution in [0, 0.1) is 51.2 Å². The summed E-state index contributed by atoms with van der Waals surface area (Å²) in [6.07, 6.45) is 10.7. The van der Waals surface area contributed by atoms with Gasteiger partial charge in [0.25, 0.3) is 0 Å². The van der Waals surface area contributed by atoms with Gasteiger partial charge in [0.15, 0.2) is 11.2 Å². The molecule has 2 aliphatic heterocycles. The SMILES string of the molecule is CCOc1ccc([C@@H]2[C@H](C(=O)C34CC5CC(CC(C5)C3)C4)N3c4ccccc4C=C[C@H]3C2(C#N)C#N)cc1. The van der Waals surface area contributed by atoms with Crippen molar-refractivity contribution in [2.24, 2.45) is 28.6 Å². The highest BCUT2D eigenvalue weighted by molar-refractivity contribution is 5.97. The van der Waals surface area contributed by atoms with Gasteiger partial charge in [-0.15, -0.1) is 0 Å². The van der Waals surface area contributed by atoms with Crippen LogP contribution in [-0.2, 0) is 4.79 Å². The van der Waals surface area contributed by atoms with Gasteiger partial charge in [-0.2, -0.15) is 10.5 Å². The van der Waals surface area contributed by atoms with Crippen LogP contribution in [0.5, 0.6) is 5.75 Å². The lowest BCUT2D eigenvalue weighted by atomic mass is 9.47. The van der Waals surface area contributed by atoms with Crippen molar-refractivity contribution in [1.82, 2.24) is 0 Å². The van der Waals surface area contributed by atoms with E-state index in [4.69, 9.17) is 4.74 Å². The number of carbonyl (C=O) groups excluding carboxylic acids is 1. The summed E-state index contributed by atoms with van der Waals surface area (Å²) in [5.41, 5.74) is 1.11. The number of ketones is 1. The molecule has 2 aromatic rings. The Morgan fingerprint density at radius 2 is 1.61 bits per heavy atom. The van der Waals surface area contributed by atoms with E-state index in [0.717, 1.165) is 41.8 Å². The molecule has 1 saturated heterocycles. The first-order chi connectivity index (χ1) is 18.5. The first kappa shape index (κ1) is 23.5. The second-order valence-electron chi connectivity index (χ2n) is 12.3. The average Bonchev–Trinajstić information content (AvgIpc) is 3.23. The maximum absolute atomic E-state index is 15.1. The number of para-hydroxylation sites is 1. The Bertz CT molecular complexity index is 1350. The topological polar surface area (TPSA) is 77.1 Å². The first-order valence-electron chi connectivity index (χ1n) is 14.2. The summed E-state index contributed by atoms with van der Waals surface area (Å²) < 4.78 is 5.69.